The molecule has 100 valence electrons. The summed E-state index contributed by atoms with van der Waals surface area (Å²) in [5.41, 5.74) is 1.81. The van der Waals surface area contributed by atoms with E-state index in [1.165, 1.54) is 11.1 Å². The van der Waals surface area contributed by atoms with Crippen molar-refractivity contribution in [1.29, 1.82) is 0 Å². The van der Waals surface area contributed by atoms with Gasteiger partial charge in [0.15, 0.2) is 0 Å². The highest BCUT2D eigenvalue weighted by Crippen LogP contribution is 2.31. The van der Waals surface area contributed by atoms with Crippen LogP contribution in [-0.4, -0.2) is 29.8 Å². The Morgan fingerprint density at radius 3 is 2.89 bits per heavy atom. The van der Waals surface area contributed by atoms with Crippen LogP contribution in [0.5, 0.6) is 0 Å². The predicted octanol–water partition coefficient (Wildman–Crippen LogP) is 1.62. The number of nitrogens with one attached hydrogen (secondary N) is 2. The molecule has 18 heavy (non-hydrogen) atoms. The molecule has 2 unspecified atom stereocenters. The van der Waals surface area contributed by atoms with E-state index in [2.05, 4.69) is 42.7 Å². The number of aliphatic hydroxyl groups is 1. The minimum Gasteiger partial charge on any atom is -0.387 e. The first-order valence-corrected chi connectivity index (χ1v) is 6.77. The lowest BCUT2D eigenvalue weighted by Crippen LogP contribution is -2.51. The summed E-state index contributed by atoms with van der Waals surface area (Å²) >= 11 is 0. The van der Waals surface area contributed by atoms with Crippen molar-refractivity contribution in [3.05, 3.63) is 35.4 Å². The molecular weight excluding hydrogens is 224 g/mol. The molecule has 0 radical (unpaired) electrons. The Morgan fingerprint density at radius 2 is 2.17 bits per heavy atom. The quantitative estimate of drug-likeness (QED) is 0.759. The van der Waals surface area contributed by atoms with Crippen LogP contribution in [0.4, 0.5) is 0 Å². The van der Waals surface area contributed by atoms with E-state index in [1.807, 2.05) is 13.0 Å². The van der Waals surface area contributed by atoms with Crippen molar-refractivity contribution >= 4 is 0 Å². The molecule has 0 aromatic heterocycles. The lowest BCUT2D eigenvalue weighted by Gasteiger charge is -2.38. The first-order chi connectivity index (χ1) is 8.50. The van der Waals surface area contributed by atoms with Crippen molar-refractivity contribution in [3.63, 3.8) is 0 Å². The Bertz CT molecular complexity index is 401. The third-order valence-corrected chi connectivity index (χ3v) is 3.60. The number of rotatable bonds is 4. The van der Waals surface area contributed by atoms with Gasteiger partial charge in [-0.05, 0) is 31.0 Å². The highest BCUT2D eigenvalue weighted by molar-refractivity contribution is 5.34. The molecule has 2 atom stereocenters. The Balaban J connectivity index is 2.18. The summed E-state index contributed by atoms with van der Waals surface area (Å²) in [6.45, 7) is 7.62. The second-order valence-electron chi connectivity index (χ2n) is 5.73. The molecule has 1 aromatic rings. The zero-order valence-corrected chi connectivity index (χ0v) is 11.5. The van der Waals surface area contributed by atoms with Crippen LogP contribution in [0.2, 0.25) is 0 Å². The molecule has 1 aliphatic heterocycles. The number of benzene rings is 1. The second kappa shape index (κ2) is 5.39. The predicted molar refractivity (Wildman–Crippen MR) is 74.7 cm³/mol. The lowest BCUT2D eigenvalue weighted by atomic mass is 9.84. The topological polar surface area (TPSA) is 44.3 Å². The summed E-state index contributed by atoms with van der Waals surface area (Å²) in [5.74, 6) is 0. The summed E-state index contributed by atoms with van der Waals surface area (Å²) in [5, 5.41) is 17.5. The first-order valence-electron chi connectivity index (χ1n) is 6.77. The standard InChI is InChI=1S/C15H24N2O/c1-11(2)17-10-15(3,18)14-13-7-5-4-6-12(13)8-9-16-14/h4-7,11,14,16-18H,8-10H2,1-3H3. The van der Waals surface area contributed by atoms with Crippen molar-refractivity contribution in [2.24, 2.45) is 0 Å². The van der Waals surface area contributed by atoms with Gasteiger partial charge in [-0.25, -0.2) is 0 Å². The smallest absolute Gasteiger partial charge is 0.0937 e. The van der Waals surface area contributed by atoms with Crippen LogP contribution >= 0.6 is 0 Å². The van der Waals surface area contributed by atoms with Gasteiger partial charge in [-0.1, -0.05) is 38.1 Å². The van der Waals surface area contributed by atoms with Crippen LogP contribution in [0.1, 0.15) is 37.9 Å². The fourth-order valence-electron chi connectivity index (χ4n) is 2.57. The maximum atomic E-state index is 10.7. The van der Waals surface area contributed by atoms with Gasteiger partial charge in [0.05, 0.1) is 11.6 Å². The Morgan fingerprint density at radius 1 is 1.44 bits per heavy atom. The molecule has 3 nitrogen and oxygen atoms in total. The summed E-state index contributed by atoms with van der Waals surface area (Å²) < 4.78 is 0. The van der Waals surface area contributed by atoms with Gasteiger partial charge in [-0.3, -0.25) is 0 Å². The molecule has 0 spiro atoms. The van der Waals surface area contributed by atoms with E-state index in [0.717, 1.165) is 13.0 Å². The minimum atomic E-state index is -0.777. The van der Waals surface area contributed by atoms with Crippen molar-refractivity contribution in [2.45, 2.75) is 44.9 Å². The highest BCUT2D eigenvalue weighted by Gasteiger charge is 2.35. The van der Waals surface area contributed by atoms with Crippen LogP contribution in [0, 0.1) is 0 Å². The second-order valence-corrected chi connectivity index (χ2v) is 5.73. The van der Waals surface area contributed by atoms with Gasteiger partial charge in [0.25, 0.3) is 0 Å². The normalized spacial score (nSPS) is 22.6. The van der Waals surface area contributed by atoms with Crippen molar-refractivity contribution < 1.29 is 5.11 Å². The first kappa shape index (κ1) is 13.5. The number of fused-ring (bicyclic) bond motifs is 1. The Hall–Kier alpha value is -0.900. The largest absolute Gasteiger partial charge is 0.387 e. The van der Waals surface area contributed by atoms with Crippen LogP contribution in [0.25, 0.3) is 0 Å². The van der Waals surface area contributed by atoms with Gasteiger partial charge in [-0.2, -0.15) is 0 Å². The molecule has 0 fully saturated rings. The van der Waals surface area contributed by atoms with E-state index >= 15 is 0 Å². The van der Waals surface area contributed by atoms with E-state index in [4.69, 9.17) is 0 Å². The third-order valence-electron chi connectivity index (χ3n) is 3.60. The van der Waals surface area contributed by atoms with Crippen molar-refractivity contribution in [3.8, 4) is 0 Å². The molecule has 1 aromatic carbocycles. The van der Waals surface area contributed by atoms with Crippen LogP contribution < -0.4 is 10.6 Å². The van der Waals surface area contributed by atoms with Gasteiger partial charge in [-0.15, -0.1) is 0 Å². The van der Waals surface area contributed by atoms with Gasteiger partial charge >= 0.3 is 0 Å². The van der Waals surface area contributed by atoms with E-state index in [1.54, 1.807) is 0 Å². The van der Waals surface area contributed by atoms with Crippen molar-refractivity contribution in [1.82, 2.24) is 10.6 Å². The molecule has 1 heterocycles. The number of hydrogen-bond donors (Lipinski definition) is 3. The molecular formula is C15H24N2O. The fraction of sp³-hybridized carbons (Fsp3) is 0.600. The van der Waals surface area contributed by atoms with E-state index in [-0.39, 0.29) is 6.04 Å². The van der Waals surface area contributed by atoms with E-state index in [0.29, 0.717) is 12.6 Å². The third kappa shape index (κ3) is 2.91. The number of hydrogen-bond acceptors (Lipinski definition) is 3. The molecule has 3 N–H and O–H groups in total. The molecule has 0 aliphatic carbocycles. The van der Waals surface area contributed by atoms with Gasteiger partial charge < -0.3 is 15.7 Å². The average molecular weight is 248 g/mol. The fourth-order valence-corrected chi connectivity index (χ4v) is 2.57. The van der Waals surface area contributed by atoms with Crippen LogP contribution in [-0.2, 0) is 6.42 Å². The SMILES string of the molecule is CC(C)NCC(C)(O)C1NCCc2ccccc21. The minimum absolute atomic E-state index is 0.00806. The maximum Gasteiger partial charge on any atom is 0.0937 e. The monoisotopic (exact) mass is 248 g/mol. The Kier molecular flexibility index (Phi) is 4.05. The maximum absolute atomic E-state index is 10.7. The summed E-state index contributed by atoms with van der Waals surface area (Å²) in [6.07, 6.45) is 1.04. The zero-order valence-electron chi connectivity index (χ0n) is 11.5. The summed E-state index contributed by atoms with van der Waals surface area (Å²) in [7, 11) is 0. The van der Waals surface area contributed by atoms with Gasteiger partial charge in [0.2, 0.25) is 0 Å². The summed E-state index contributed by atoms with van der Waals surface area (Å²) in [4.78, 5) is 0. The molecule has 2 rings (SSSR count). The Labute approximate surface area is 110 Å². The van der Waals surface area contributed by atoms with Crippen molar-refractivity contribution in [2.75, 3.05) is 13.1 Å². The lowest BCUT2D eigenvalue weighted by molar-refractivity contribution is 0.0152. The average Bonchev–Trinajstić information content (AvgIpc) is 2.36. The summed E-state index contributed by atoms with van der Waals surface area (Å²) in [6, 6.07) is 8.79. The molecule has 0 saturated heterocycles. The van der Waals surface area contributed by atoms with E-state index in [9.17, 15) is 5.11 Å². The molecule has 0 amide bonds. The molecule has 0 bridgehead atoms. The zero-order chi connectivity index (χ0) is 13.2. The van der Waals surface area contributed by atoms with Gasteiger partial charge in [0.1, 0.15) is 0 Å². The van der Waals surface area contributed by atoms with Gasteiger partial charge in [0, 0.05) is 12.6 Å². The highest BCUT2D eigenvalue weighted by atomic mass is 16.3. The van der Waals surface area contributed by atoms with E-state index < -0.39 is 5.60 Å². The van der Waals surface area contributed by atoms with Crippen LogP contribution in [0.15, 0.2) is 24.3 Å². The molecule has 3 heteroatoms. The molecule has 1 aliphatic rings. The molecule has 0 saturated carbocycles. The van der Waals surface area contributed by atoms with Crippen LogP contribution in [0.3, 0.4) is 0 Å².